The van der Waals surface area contributed by atoms with Gasteiger partial charge >= 0.3 is 6.09 Å². The maximum absolute atomic E-state index is 13.5. The summed E-state index contributed by atoms with van der Waals surface area (Å²) in [5.74, 6) is -0.928. The van der Waals surface area contributed by atoms with Crippen LogP contribution in [0.15, 0.2) is 24.3 Å². The normalized spacial score (nSPS) is 18.8. The number of amides is 5. The lowest BCUT2D eigenvalue weighted by molar-refractivity contribution is -0.143. The predicted octanol–water partition coefficient (Wildman–Crippen LogP) is 2.78. The first-order valence-corrected chi connectivity index (χ1v) is 16.8. The van der Waals surface area contributed by atoms with Gasteiger partial charge in [0.1, 0.15) is 17.5 Å². The Morgan fingerprint density at radius 2 is 1.72 bits per heavy atom. The fourth-order valence-corrected chi connectivity index (χ4v) is 6.04. The highest BCUT2D eigenvalue weighted by Gasteiger charge is 2.38. The lowest BCUT2D eigenvalue weighted by atomic mass is 9.93. The Hall–Kier alpha value is -4.42. The molecule has 13 nitrogen and oxygen atoms in total. The summed E-state index contributed by atoms with van der Waals surface area (Å²) in [6.45, 7) is 7.59. The Morgan fingerprint density at radius 1 is 0.979 bits per heavy atom. The van der Waals surface area contributed by atoms with Crippen molar-refractivity contribution >= 4 is 40.6 Å². The van der Waals surface area contributed by atoms with Crippen molar-refractivity contribution in [2.24, 2.45) is 0 Å². The van der Waals surface area contributed by atoms with Gasteiger partial charge < -0.3 is 34.8 Å². The molecular weight excluding hydrogens is 604 g/mol. The number of hydrogen-bond acceptors (Lipinski definition) is 8. The van der Waals surface area contributed by atoms with Gasteiger partial charge in [-0.05, 0) is 70.1 Å². The van der Waals surface area contributed by atoms with Gasteiger partial charge in [-0.1, -0.05) is 19.4 Å². The number of nitrogens with one attached hydrogen (secondary N) is 2. The molecule has 1 unspecified atom stereocenters. The SMILES string of the molecule is CCCCOC(=O)N1CCN(C(=O)CNC(=O)c2cc(O[C@H](C)C(=O)N3CCCC3C(=O)NC3CCC3)c3ccc(C)cc3n2)CC1. The first kappa shape index (κ1) is 33.9. The number of hydrogen-bond donors (Lipinski definition) is 2. The Kier molecular flexibility index (Phi) is 11.2. The fourth-order valence-electron chi connectivity index (χ4n) is 6.04. The summed E-state index contributed by atoms with van der Waals surface area (Å²) in [7, 11) is 0. The zero-order chi connectivity index (χ0) is 33.5. The number of unbranched alkanes of at least 4 members (excludes halogenated alkanes) is 1. The Bertz CT molecular complexity index is 1490. The maximum Gasteiger partial charge on any atom is 0.409 e. The van der Waals surface area contributed by atoms with Crippen molar-refractivity contribution in [3.8, 4) is 5.75 Å². The van der Waals surface area contributed by atoms with E-state index in [1.807, 2.05) is 32.0 Å². The van der Waals surface area contributed by atoms with Crippen LogP contribution in [0.5, 0.6) is 5.75 Å². The molecule has 2 N–H and O–H groups in total. The highest BCUT2D eigenvalue weighted by Crippen LogP contribution is 2.29. The second kappa shape index (κ2) is 15.4. The van der Waals surface area contributed by atoms with Gasteiger partial charge in [0, 0.05) is 50.2 Å². The molecule has 2 atom stereocenters. The topological polar surface area (TPSA) is 150 Å². The zero-order valence-corrected chi connectivity index (χ0v) is 27.6. The van der Waals surface area contributed by atoms with Crippen LogP contribution >= 0.6 is 0 Å². The highest BCUT2D eigenvalue weighted by molar-refractivity contribution is 5.99. The first-order chi connectivity index (χ1) is 22.6. The number of fused-ring (bicyclic) bond motifs is 1. The number of carbonyl (C=O) groups excluding carboxylic acids is 5. The summed E-state index contributed by atoms with van der Waals surface area (Å²) in [5, 5.41) is 6.36. The molecule has 5 amide bonds. The molecule has 0 radical (unpaired) electrons. The van der Waals surface area contributed by atoms with Crippen molar-refractivity contribution in [3.05, 3.63) is 35.5 Å². The molecule has 2 saturated heterocycles. The Balaban J connectivity index is 1.20. The third-order valence-corrected chi connectivity index (χ3v) is 9.12. The average molecular weight is 651 g/mol. The molecule has 1 saturated carbocycles. The van der Waals surface area contributed by atoms with Crippen LogP contribution < -0.4 is 15.4 Å². The fraction of sp³-hybridized carbons (Fsp3) is 0.588. The number of piperazine rings is 1. The second-order valence-electron chi connectivity index (χ2n) is 12.6. The van der Waals surface area contributed by atoms with Crippen molar-refractivity contribution in [1.82, 2.24) is 30.3 Å². The van der Waals surface area contributed by atoms with Crippen LogP contribution in [-0.4, -0.2) is 113 Å². The maximum atomic E-state index is 13.5. The monoisotopic (exact) mass is 650 g/mol. The van der Waals surface area contributed by atoms with Gasteiger partial charge in [-0.15, -0.1) is 0 Å². The molecule has 5 rings (SSSR count). The van der Waals surface area contributed by atoms with Crippen LogP contribution in [0.25, 0.3) is 10.9 Å². The van der Waals surface area contributed by atoms with E-state index in [4.69, 9.17) is 9.47 Å². The van der Waals surface area contributed by atoms with E-state index in [1.54, 1.807) is 21.6 Å². The lowest BCUT2D eigenvalue weighted by Crippen LogP contribution is -2.52. The number of aryl methyl sites for hydroxylation is 1. The number of nitrogens with zero attached hydrogens (tertiary/aromatic N) is 4. The molecule has 254 valence electrons. The molecule has 1 aromatic carbocycles. The van der Waals surface area contributed by atoms with E-state index in [0.717, 1.165) is 44.1 Å². The van der Waals surface area contributed by atoms with Crippen LogP contribution in [0.4, 0.5) is 4.79 Å². The lowest BCUT2D eigenvalue weighted by Gasteiger charge is -2.34. The number of likely N-dealkylation sites (tertiary alicyclic amines) is 1. The van der Waals surface area contributed by atoms with Gasteiger partial charge in [0.2, 0.25) is 11.8 Å². The standard InChI is InChI=1S/C34H46N6O7/c1-4-5-18-46-34(45)39-16-14-38(15-17-39)30(41)21-35-31(42)27-20-29(25-12-11-22(2)19-26(25)37-27)47-23(3)33(44)40-13-7-10-28(40)32(43)36-24-8-6-9-24/h11-12,19-20,23-24,28H,4-10,13-18,21H2,1-3H3,(H,35,42)(H,36,43)/t23-,28?/m1/s1. The third-order valence-electron chi connectivity index (χ3n) is 9.12. The van der Waals surface area contributed by atoms with Crippen LogP contribution in [0.1, 0.15) is 74.8 Å². The smallest absolute Gasteiger partial charge is 0.409 e. The van der Waals surface area contributed by atoms with Gasteiger partial charge in [0.15, 0.2) is 6.10 Å². The number of pyridine rings is 1. The van der Waals surface area contributed by atoms with Crippen LogP contribution in [0, 0.1) is 6.92 Å². The number of benzene rings is 1. The predicted molar refractivity (Wildman–Crippen MR) is 174 cm³/mol. The number of aromatic nitrogens is 1. The Labute approximate surface area is 275 Å². The van der Waals surface area contributed by atoms with Crippen molar-refractivity contribution < 1.29 is 33.4 Å². The minimum atomic E-state index is -0.918. The second-order valence-corrected chi connectivity index (χ2v) is 12.6. The van der Waals surface area contributed by atoms with Gasteiger partial charge in [-0.25, -0.2) is 9.78 Å². The minimum absolute atomic E-state index is 0.0455. The molecule has 13 heteroatoms. The van der Waals surface area contributed by atoms with Crippen molar-refractivity contribution in [2.75, 3.05) is 45.9 Å². The summed E-state index contributed by atoms with van der Waals surface area (Å²) in [5.41, 5.74) is 1.49. The summed E-state index contributed by atoms with van der Waals surface area (Å²) < 4.78 is 11.5. The molecule has 3 fully saturated rings. The average Bonchev–Trinajstić information content (AvgIpc) is 3.54. The van der Waals surface area contributed by atoms with Gasteiger partial charge in [-0.2, -0.15) is 0 Å². The first-order valence-electron chi connectivity index (χ1n) is 16.8. The highest BCUT2D eigenvalue weighted by atomic mass is 16.6. The van der Waals surface area contributed by atoms with E-state index in [-0.39, 0.29) is 42.1 Å². The molecular formula is C34H46N6O7. The molecule has 3 aliphatic rings. The number of carbonyl (C=O) groups is 5. The summed E-state index contributed by atoms with van der Waals surface area (Å²) in [6.07, 6.45) is 4.84. The van der Waals surface area contributed by atoms with Crippen molar-refractivity contribution in [3.63, 3.8) is 0 Å². The van der Waals surface area contributed by atoms with Gasteiger partial charge in [-0.3, -0.25) is 19.2 Å². The molecule has 2 aromatic rings. The minimum Gasteiger partial charge on any atom is -0.480 e. The molecule has 1 aromatic heterocycles. The molecule has 0 bridgehead atoms. The van der Waals surface area contributed by atoms with Crippen molar-refractivity contribution in [2.45, 2.75) is 83.9 Å². The Morgan fingerprint density at radius 3 is 2.43 bits per heavy atom. The van der Waals surface area contributed by atoms with Gasteiger partial charge in [0.25, 0.3) is 11.8 Å². The number of rotatable bonds is 11. The van der Waals surface area contributed by atoms with E-state index >= 15 is 0 Å². The van der Waals surface area contributed by atoms with Crippen molar-refractivity contribution in [1.29, 1.82) is 0 Å². The summed E-state index contributed by atoms with van der Waals surface area (Å²) in [4.78, 5) is 74.2. The summed E-state index contributed by atoms with van der Waals surface area (Å²) >= 11 is 0. The molecule has 2 aliphatic heterocycles. The molecule has 0 spiro atoms. The van der Waals surface area contributed by atoms with Crippen LogP contribution in [-0.2, 0) is 19.1 Å². The molecule has 47 heavy (non-hydrogen) atoms. The van der Waals surface area contributed by atoms with E-state index in [2.05, 4.69) is 15.6 Å². The number of ether oxygens (including phenoxy) is 2. The van der Waals surface area contributed by atoms with Crippen LogP contribution in [0.3, 0.4) is 0 Å². The van der Waals surface area contributed by atoms with Gasteiger partial charge in [0.05, 0.1) is 18.7 Å². The summed E-state index contributed by atoms with van der Waals surface area (Å²) in [6, 6.07) is 6.70. The third kappa shape index (κ3) is 8.30. The molecule has 1 aliphatic carbocycles. The quantitative estimate of drug-likeness (QED) is 0.353. The van der Waals surface area contributed by atoms with E-state index < -0.39 is 18.1 Å². The van der Waals surface area contributed by atoms with E-state index in [1.165, 1.54) is 6.07 Å². The zero-order valence-electron chi connectivity index (χ0n) is 27.6. The van der Waals surface area contributed by atoms with Crippen LogP contribution in [0.2, 0.25) is 0 Å². The van der Waals surface area contributed by atoms with E-state index in [9.17, 15) is 24.0 Å². The largest absolute Gasteiger partial charge is 0.480 e. The molecule has 3 heterocycles. The van der Waals surface area contributed by atoms with E-state index in [0.29, 0.717) is 62.4 Å².